The SMILES string of the molecule is NCCCC[C@](N)(C(=O)O)C(=O)CCCCCCCCC(=O)[C@](N)(CCCCN)C(=O)O. The van der Waals surface area contributed by atoms with Gasteiger partial charge in [0.1, 0.15) is 0 Å². The van der Waals surface area contributed by atoms with Crippen molar-refractivity contribution >= 4 is 23.5 Å². The lowest BCUT2D eigenvalue weighted by Gasteiger charge is -2.23. The van der Waals surface area contributed by atoms with E-state index in [1.165, 1.54) is 0 Å². The zero-order chi connectivity index (χ0) is 24.6. The molecule has 0 bridgehead atoms. The molecule has 0 saturated heterocycles. The number of nitrogens with two attached hydrogens (primary N) is 4. The second-order valence-corrected chi connectivity index (χ2v) is 8.51. The average Bonchev–Trinajstić information content (AvgIpc) is 2.74. The molecule has 0 unspecified atom stereocenters. The van der Waals surface area contributed by atoms with Crippen molar-refractivity contribution in [2.75, 3.05) is 13.1 Å². The summed E-state index contributed by atoms with van der Waals surface area (Å²) in [6, 6.07) is 0. The largest absolute Gasteiger partial charge is 0.480 e. The van der Waals surface area contributed by atoms with Crippen molar-refractivity contribution in [3.63, 3.8) is 0 Å². The Morgan fingerprint density at radius 2 is 0.844 bits per heavy atom. The highest BCUT2D eigenvalue weighted by atomic mass is 16.4. The zero-order valence-electron chi connectivity index (χ0n) is 19.2. The van der Waals surface area contributed by atoms with E-state index in [0.29, 0.717) is 51.6 Å². The van der Waals surface area contributed by atoms with Gasteiger partial charge in [-0.1, -0.05) is 25.7 Å². The molecule has 0 aromatic heterocycles. The summed E-state index contributed by atoms with van der Waals surface area (Å²) in [7, 11) is 0. The normalized spacial score (nSPS) is 15.0. The summed E-state index contributed by atoms with van der Waals surface area (Å²) in [4.78, 5) is 47.5. The van der Waals surface area contributed by atoms with E-state index in [0.717, 1.165) is 25.7 Å². The number of aliphatic carboxylic acids is 2. The summed E-state index contributed by atoms with van der Waals surface area (Å²) < 4.78 is 0. The smallest absolute Gasteiger partial charge is 0.331 e. The van der Waals surface area contributed by atoms with Crippen molar-refractivity contribution in [1.29, 1.82) is 0 Å². The van der Waals surface area contributed by atoms with E-state index in [4.69, 9.17) is 22.9 Å². The van der Waals surface area contributed by atoms with Gasteiger partial charge in [-0.3, -0.25) is 9.59 Å². The molecule has 0 heterocycles. The molecule has 0 aliphatic heterocycles. The van der Waals surface area contributed by atoms with E-state index >= 15 is 0 Å². The molecular weight excluding hydrogens is 416 g/mol. The molecule has 2 atom stereocenters. The molecule has 0 amide bonds. The fraction of sp³-hybridized carbons (Fsp3) is 0.818. The molecule has 0 rings (SSSR count). The number of unbranched alkanes of at least 4 members (excludes halogenated alkanes) is 7. The third-order valence-corrected chi connectivity index (χ3v) is 5.87. The monoisotopic (exact) mass is 458 g/mol. The Morgan fingerprint density at radius 1 is 0.531 bits per heavy atom. The molecule has 186 valence electrons. The molecule has 0 aromatic rings. The van der Waals surface area contributed by atoms with Crippen LogP contribution in [0.15, 0.2) is 0 Å². The first-order valence-corrected chi connectivity index (χ1v) is 11.6. The summed E-state index contributed by atoms with van der Waals surface area (Å²) in [5, 5.41) is 18.7. The fourth-order valence-electron chi connectivity index (χ4n) is 3.55. The van der Waals surface area contributed by atoms with Gasteiger partial charge in [0.2, 0.25) is 0 Å². The number of carboxylic acids is 2. The quantitative estimate of drug-likeness (QED) is 0.106. The van der Waals surface area contributed by atoms with E-state index in [-0.39, 0.29) is 25.7 Å². The molecule has 10 N–H and O–H groups in total. The van der Waals surface area contributed by atoms with Gasteiger partial charge in [0.25, 0.3) is 0 Å². The first kappa shape index (κ1) is 30.1. The third kappa shape index (κ3) is 10.2. The van der Waals surface area contributed by atoms with Gasteiger partial charge >= 0.3 is 11.9 Å². The van der Waals surface area contributed by atoms with Gasteiger partial charge in [-0.2, -0.15) is 0 Å². The van der Waals surface area contributed by atoms with E-state index < -0.39 is 34.6 Å². The molecule has 0 aromatic carbocycles. The van der Waals surface area contributed by atoms with Gasteiger partial charge in [-0.25, -0.2) is 9.59 Å². The zero-order valence-corrected chi connectivity index (χ0v) is 19.2. The Morgan fingerprint density at radius 3 is 1.12 bits per heavy atom. The second kappa shape index (κ2) is 15.8. The Balaban J connectivity index is 4.19. The number of carbonyl (C=O) groups excluding carboxylic acids is 2. The first-order valence-electron chi connectivity index (χ1n) is 11.6. The van der Waals surface area contributed by atoms with Crippen LogP contribution in [-0.2, 0) is 19.2 Å². The lowest BCUT2D eigenvalue weighted by atomic mass is 9.86. The molecule has 0 aliphatic rings. The van der Waals surface area contributed by atoms with Crippen molar-refractivity contribution in [3.8, 4) is 0 Å². The maximum Gasteiger partial charge on any atom is 0.331 e. The number of hydrogen-bond donors (Lipinski definition) is 6. The Bertz CT molecular complexity index is 563. The van der Waals surface area contributed by atoms with Crippen LogP contribution in [-0.4, -0.2) is 57.9 Å². The summed E-state index contributed by atoms with van der Waals surface area (Å²) in [6.45, 7) is 0.846. The molecular formula is C22H42N4O6. The van der Waals surface area contributed by atoms with Crippen LogP contribution in [0.4, 0.5) is 0 Å². The minimum absolute atomic E-state index is 0.0809. The molecule has 0 saturated carbocycles. The van der Waals surface area contributed by atoms with Gasteiger partial charge in [-0.05, 0) is 64.5 Å². The minimum atomic E-state index is -1.85. The van der Waals surface area contributed by atoms with Crippen LogP contribution in [0, 0.1) is 0 Å². The highest BCUT2D eigenvalue weighted by Crippen LogP contribution is 2.19. The molecule has 0 aliphatic carbocycles. The molecule has 0 spiro atoms. The maximum absolute atomic E-state index is 12.3. The van der Waals surface area contributed by atoms with Crippen LogP contribution in [0.5, 0.6) is 0 Å². The van der Waals surface area contributed by atoms with Crippen LogP contribution < -0.4 is 22.9 Å². The van der Waals surface area contributed by atoms with Gasteiger partial charge in [0.05, 0.1) is 0 Å². The van der Waals surface area contributed by atoms with Crippen LogP contribution >= 0.6 is 0 Å². The van der Waals surface area contributed by atoms with Crippen LogP contribution in [0.3, 0.4) is 0 Å². The molecule has 32 heavy (non-hydrogen) atoms. The van der Waals surface area contributed by atoms with E-state index in [1.54, 1.807) is 0 Å². The summed E-state index contributed by atoms with van der Waals surface area (Å²) in [5.41, 5.74) is 18.8. The Kier molecular flexibility index (Phi) is 14.9. The molecule has 10 nitrogen and oxygen atoms in total. The summed E-state index contributed by atoms with van der Waals surface area (Å²) in [6.07, 6.45) is 6.83. The van der Waals surface area contributed by atoms with E-state index in [9.17, 15) is 29.4 Å². The fourth-order valence-corrected chi connectivity index (χ4v) is 3.55. The van der Waals surface area contributed by atoms with E-state index in [1.807, 2.05) is 0 Å². The first-order chi connectivity index (χ1) is 15.1. The second-order valence-electron chi connectivity index (χ2n) is 8.51. The Labute approximate surface area is 190 Å². The maximum atomic E-state index is 12.3. The highest BCUT2D eigenvalue weighted by molar-refractivity contribution is 6.08. The topological polar surface area (TPSA) is 213 Å². The molecule has 10 heteroatoms. The average molecular weight is 459 g/mol. The van der Waals surface area contributed by atoms with Crippen molar-refractivity contribution in [2.45, 2.75) is 101 Å². The van der Waals surface area contributed by atoms with Crippen molar-refractivity contribution in [3.05, 3.63) is 0 Å². The van der Waals surface area contributed by atoms with Crippen LogP contribution in [0.1, 0.15) is 89.9 Å². The highest BCUT2D eigenvalue weighted by Gasteiger charge is 2.41. The summed E-state index contributed by atoms with van der Waals surface area (Å²) >= 11 is 0. The Hall–Kier alpha value is -1.88. The van der Waals surface area contributed by atoms with Gasteiger partial charge < -0.3 is 33.1 Å². The third-order valence-electron chi connectivity index (χ3n) is 5.87. The van der Waals surface area contributed by atoms with Gasteiger partial charge in [0.15, 0.2) is 22.6 Å². The lowest BCUT2D eigenvalue weighted by molar-refractivity contribution is -0.150. The van der Waals surface area contributed by atoms with E-state index in [2.05, 4.69) is 0 Å². The van der Waals surface area contributed by atoms with Crippen molar-refractivity contribution < 1.29 is 29.4 Å². The van der Waals surface area contributed by atoms with Crippen LogP contribution in [0.25, 0.3) is 0 Å². The standard InChI is InChI=1S/C22H42N4O6/c23-15-9-7-13-21(25,19(29)30)17(27)11-5-3-1-2-4-6-12-18(28)22(26,20(31)32)14-8-10-16-24/h1-16,23-26H2,(H,29,30)(H,31,32)/t21-,22-/m1/s1. The number of carboxylic acid groups (broad SMARTS) is 2. The number of Topliss-reactive ketones (excluding diaryl/α,β-unsaturated/α-hetero) is 2. The van der Waals surface area contributed by atoms with Gasteiger partial charge in [-0.15, -0.1) is 0 Å². The van der Waals surface area contributed by atoms with Crippen LogP contribution in [0.2, 0.25) is 0 Å². The number of hydrogen-bond acceptors (Lipinski definition) is 8. The van der Waals surface area contributed by atoms with Gasteiger partial charge in [0, 0.05) is 12.8 Å². The minimum Gasteiger partial charge on any atom is -0.480 e. The number of carbonyl (C=O) groups is 4. The predicted molar refractivity (Wildman–Crippen MR) is 122 cm³/mol. The van der Waals surface area contributed by atoms with Crippen molar-refractivity contribution in [1.82, 2.24) is 0 Å². The lowest BCUT2D eigenvalue weighted by Crippen LogP contribution is -2.54. The number of ketones is 2. The predicted octanol–water partition coefficient (Wildman–Crippen LogP) is 1.07. The summed E-state index contributed by atoms with van der Waals surface area (Å²) in [5.74, 6) is -3.53. The van der Waals surface area contributed by atoms with Crippen molar-refractivity contribution in [2.24, 2.45) is 22.9 Å². The molecule has 0 radical (unpaired) electrons. The number of rotatable bonds is 21. The molecule has 0 fully saturated rings.